The van der Waals surface area contributed by atoms with Gasteiger partial charge in [0.15, 0.2) is 0 Å². The van der Waals surface area contributed by atoms with Crippen LogP contribution in [0.5, 0.6) is 0 Å². The van der Waals surface area contributed by atoms with Crippen LogP contribution < -0.4 is 10.6 Å². The molecular weight excluding hydrogens is 252 g/mol. The maximum absolute atomic E-state index is 11.1. The third kappa shape index (κ3) is 5.42. The molecule has 0 radical (unpaired) electrons. The molecule has 0 aliphatic heterocycles. The average Bonchev–Trinajstić information content (AvgIpc) is 2.25. The van der Waals surface area contributed by atoms with Gasteiger partial charge in [0.05, 0.1) is 5.75 Å². The molecule has 0 aliphatic carbocycles. The standard InChI is InChI=1S/C11H20N4O2S/c1-9(12)6-10-7-13-11(14-8-10)15(2)4-5-18(3,16)17/h7-9H,4-6,12H2,1-3H3. The van der Waals surface area contributed by atoms with E-state index in [9.17, 15) is 8.42 Å². The van der Waals surface area contributed by atoms with Crippen molar-refractivity contribution >= 4 is 15.8 Å². The molecule has 0 bridgehead atoms. The number of rotatable bonds is 6. The maximum Gasteiger partial charge on any atom is 0.225 e. The highest BCUT2D eigenvalue weighted by Crippen LogP contribution is 2.06. The summed E-state index contributed by atoms with van der Waals surface area (Å²) in [5.74, 6) is 0.612. The Hall–Kier alpha value is -1.21. The Kier molecular flexibility index (Phi) is 5.03. The summed E-state index contributed by atoms with van der Waals surface area (Å²) in [6, 6.07) is 0.0717. The molecule has 1 rings (SSSR count). The molecule has 18 heavy (non-hydrogen) atoms. The highest BCUT2D eigenvalue weighted by Gasteiger charge is 2.08. The fourth-order valence-electron chi connectivity index (χ4n) is 1.43. The number of nitrogens with two attached hydrogens (primary N) is 1. The number of anilines is 1. The average molecular weight is 272 g/mol. The molecule has 2 N–H and O–H groups in total. The molecule has 1 aromatic rings. The second-order valence-corrected chi connectivity index (χ2v) is 6.88. The van der Waals surface area contributed by atoms with Crippen LogP contribution in [-0.2, 0) is 16.3 Å². The summed E-state index contributed by atoms with van der Waals surface area (Å²) in [6.45, 7) is 2.30. The molecule has 0 fully saturated rings. The minimum atomic E-state index is -2.97. The van der Waals surface area contributed by atoms with Crippen molar-refractivity contribution in [3.05, 3.63) is 18.0 Å². The van der Waals surface area contributed by atoms with Gasteiger partial charge in [0, 0.05) is 38.3 Å². The Labute approximate surface area is 108 Å². The number of hydrogen-bond acceptors (Lipinski definition) is 6. The van der Waals surface area contributed by atoms with Crippen molar-refractivity contribution in [2.24, 2.45) is 5.73 Å². The molecule has 6 nitrogen and oxygen atoms in total. The normalized spacial score (nSPS) is 13.3. The van der Waals surface area contributed by atoms with Crippen LogP contribution in [0.2, 0.25) is 0 Å². The minimum Gasteiger partial charge on any atom is -0.343 e. The summed E-state index contributed by atoms with van der Waals surface area (Å²) in [5.41, 5.74) is 6.66. The molecule has 1 atom stereocenters. The van der Waals surface area contributed by atoms with Gasteiger partial charge >= 0.3 is 0 Å². The Morgan fingerprint density at radius 3 is 2.39 bits per heavy atom. The van der Waals surface area contributed by atoms with E-state index in [0.717, 1.165) is 12.0 Å². The van der Waals surface area contributed by atoms with Crippen LogP contribution in [0.25, 0.3) is 0 Å². The first-order valence-electron chi connectivity index (χ1n) is 5.73. The zero-order valence-corrected chi connectivity index (χ0v) is 11.8. The molecule has 0 spiro atoms. The zero-order chi connectivity index (χ0) is 13.8. The van der Waals surface area contributed by atoms with E-state index in [1.807, 2.05) is 6.92 Å². The topological polar surface area (TPSA) is 89.2 Å². The Balaban J connectivity index is 2.61. The minimum absolute atomic E-state index is 0.0717. The third-order valence-corrected chi connectivity index (χ3v) is 3.31. The van der Waals surface area contributed by atoms with Gasteiger partial charge in [0.1, 0.15) is 9.84 Å². The molecule has 1 unspecified atom stereocenters. The lowest BCUT2D eigenvalue weighted by atomic mass is 10.1. The van der Waals surface area contributed by atoms with Crippen LogP contribution >= 0.6 is 0 Å². The molecule has 1 heterocycles. The molecule has 102 valence electrons. The van der Waals surface area contributed by atoms with Crippen LogP contribution in [-0.4, -0.2) is 50.0 Å². The lowest BCUT2D eigenvalue weighted by molar-refractivity contribution is 0.600. The predicted molar refractivity (Wildman–Crippen MR) is 72.4 cm³/mol. The number of sulfone groups is 1. The summed E-state index contributed by atoms with van der Waals surface area (Å²) in [5, 5.41) is 0. The van der Waals surface area contributed by atoms with Crippen LogP contribution in [0.15, 0.2) is 12.4 Å². The first-order chi connectivity index (χ1) is 8.28. The number of aromatic nitrogens is 2. The summed E-state index contributed by atoms with van der Waals surface area (Å²) in [6.07, 6.45) is 5.39. The Morgan fingerprint density at radius 1 is 1.39 bits per heavy atom. The van der Waals surface area contributed by atoms with Crippen LogP contribution in [0, 0.1) is 0 Å². The van der Waals surface area contributed by atoms with Crippen molar-refractivity contribution in [3.8, 4) is 0 Å². The van der Waals surface area contributed by atoms with Crippen LogP contribution in [0.4, 0.5) is 5.95 Å². The van der Waals surface area contributed by atoms with Gasteiger partial charge in [-0.25, -0.2) is 18.4 Å². The van der Waals surface area contributed by atoms with Crippen LogP contribution in [0.3, 0.4) is 0 Å². The van der Waals surface area contributed by atoms with Crippen molar-refractivity contribution in [2.75, 3.05) is 30.5 Å². The molecule has 0 aromatic carbocycles. The fourth-order valence-corrected chi connectivity index (χ4v) is 2.03. The number of hydrogen-bond donors (Lipinski definition) is 1. The summed E-state index contributed by atoms with van der Waals surface area (Å²) >= 11 is 0. The van der Waals surface area contributed by atoms with E-state index in [4.69, 9.17) is 5.73 Å². The van der Waals surface area contributed by atoms with Crippen LogP contribution in [0.1, 0.15) is 12.5 Å². The molecule has 0 aliphatic rings. The van der Waals surface area contributed by atoms with E-state index < -0.39 is 9.84 Å². The molecule has 7 heteroatoms. The first kappa shape index (κ1) is 14.8. The highest BCUT2D eigenvalue weighted by atomic mass is 32.2. The van der Waals surface area contributed by atoms with Crippen molar-refractivity contribution < 1.29 is 8.42 Å². The van der Waals surface area contributed by atoms with Gasteiger partial charge in [0.2, 0.25) is 5.95 Å². The first-order valence-corrected chi connectivity index (χ1v) is 7.79. The summed E-state index contributed by atoms with van der Waals surface area (Å²) in [4.78, 5) is 10.1. The number of nitrogens with zero attached hydrogens (tertiary/aromatic N) is 3. The molecular formula is C11H20N4O2S. The SMILES string of the molecule is CC(N)Cc1cnc(N(C)CCS(C)(=O)=O)nc1. The lowest BCUT2D eigenvalue weighted by Gasteiger charge is -2.16. The fraction of sp³-hybridized carbons (Fsp3) is 0.636. The highest BCUT2D eigenvalue weighted by molar-refractivity contribution is 7.90. The van der Waals surface area contributed by atoms with Gasteiger partial charge in [-0.05, 0) is 18.9 Å². The van der Waals surface area contributed by atoms with Crippen molar-refractivity contribution in [3.63, 3.8) is 0 Å². The van der Waals surface area contributed by atoms with Gasteiger partial charge < -0.3 is 10.6 Å². The Morgan fingerprint density at radius 2 is 1.94 bits per heavy atom. The van der Waals surface area contributed by atoms with E-state index in [1.54, 1.807) is 24.3 Å². The van der Waals surface area contributed by atoms with E-state index >= 15 is 0 Å². The monoisotopic (exact) mass is 272 g/mol. The second kappa shape index (κ2) is 6.10. The van der Waals surface area contributed by atoms with E-state index in [1.165, 1.54) is 6.26 Å². The van der Waals surface area contributed by atoms with E-state index in [-0.39, 0.29) is 11.8 Å². The van der Waals surface area contributed by atoms with Crippen molar-refractivity contribution in [1.29, 1.82) is 0 Å². The smallest absolute Gasteiger partial charge is 0.225 e. The van der Waals surface area contributed by atoms with E-state index in [0.29, 0.717) is 12.5 Å². The van der Waals surface area contributed by atoms with Gasteiger partial charge in [-0.3, -0.25) is 0 Å². The second-order valence-electron chi connectivity index (χ2n) is 4.62. The maximum atomic E-state index is 11.1. The van der Waals surface area contributed by atoms with Crippen molar-refractivity contribution in [1.82, 2.24) is 9.97 Å². The molecule has 0 saturated heterocycles. The largest absolute Gasteiger partial charge is 0.343 e. The molecule has 1 aromatic heterocycles. The summed E-state index contributed by atoms with van der Waals surface area (Å²) in [7, 11) is -1.20. The third-order valence-electron chi connectivity index (χ3n) is 2.39. The quantitative estimate of drug-likeness (QED) is 0.774. The lowest BCUT2D eigenvalue weighted by Crippen LogP contribution is -2.26. The van der Waals surface area contributed by atoms with Crippen molar-refractivity contribution in [2.45, 2.75) is 19.4 Å². The summed E-state index contributed by atoms with van der Waals surface area (Å²) < 4.78 is 22.1. The molecule has 0 amide bonds. The van der Waals surface area contributed by atoms with E-state index in [2.05, 4.69) is 9.97 Å². The van der Waals surface area contributed by atoms with Gasteiger partial charge in [0.25, 0.3) is 0 Å². The zero-order valence-electron chi connectivity index (χ0n) is 11.0. The van der Waals surface area contributed by atoms with Gasteiger partial charge in [-0.15, -0.1) is 0 Å². The molecule has 0 saturated carbocycles. The van der Waals surface area contributed by atoms with Gasteiger partial charge in [-0.2, -0.15) is 0 Å². The van der Waals surface area contributed by atoms with Gasteiger partial charge in [-0.1, -0.05) is 0 Å². The Bertz CT molecular complexity index is 470. The predicted octanol–water partition coefficient (Wildman–Crippen LogP) is -0.153.